The molecule has 1 atom stereocenters. The van der Waals surface area contributed by atoms with Gasteiger partial charge in [0, 0.05) is 19.6 Å². The molecule has 0 aromatic heterocycles. The van der Waals surface area contributed by atoms with Gasteiger partial charge in [0.25, 0.3) is 0 Å². The van der Waals surface area contributed by atoms with Gasteiger partial charge in [0.2, 0.25) is 10.0 Å². The lowest BCUT2D eigenvalue weighted by Gasteiger charge is -2.31. The molecule has 0 saturated carbocycles. The molecular formula is C11H15ClN2O3S. The van der Waals surface area contributed by atoms with Crippen LogP contribution in [0.4, 0.5) is 0 Å². The molecule has 1 saturated heterocycles. The summed E-state index contributed by atoms with van der Waals surface area (Å²) >= 11 is 5.94. The molecule has 2 N–H and O–H groups in total. The lowest BCUT2D eigenvalue weighted by atomic mass is 10.3. The van der Waals surface area contributed by atoms with Crippen LogP contribution < -0.4 is 5.73 Å². The summed E-state index contributed by atoms with van der Waals surface area (Å²) in [6.07, 6.45) is -0.254. The van der Waals surface area contributed by atoms with Crippen LogP contribution in [0.5, 0.6) is 0 Å². The van der Waals surface area contributed by atoms with Crippen LogP contribution in [0.3, 0.4) is 0 Å². The Bertz CT molecular complexity index is 521. The lowest BCUT2D eigenvalue weighted by Crippen LogP contribution is -2.48. The molecule has 1 aliphatic heterocycles. The molecule has 1 aromatic rings. The van der Waals surface area contributed by atoms with E-state index in [4.69, 9.17) is 22.1 Å². The lowest BCUT2D eigenvalue weighted by molar-refractivity contribution is 0.00451. The molecular weight excluding hydrogens is 276 g/mol. The number of nitrogens with two attached hydrogens (primary N) is 1. The molecule has 1 heterocycles. The van der Waals surface area contributed by atoms with Crippen LogP contribution in [0.1, 0.15) is 0 Å². The van der Waals surface area contributed by atoms with E-state index in [0.29, 0.717) is 19.7 Å². The van der Waals surface area contributed by atoms with Gasteiger partial charge in [-0.2, -0.15) is 4.31 Å². The maximum absolute atomic E-state index is 12.4. The highest BCUT2D eigenvalue weighted by Crippen LogP contribution is 2.25. The average Bonchev–Trinajstić information content (AvgIpc) is 2.39. The van der Waals surface area contributed by atoms with Gasteiger partial charge in [0.15, 0.2) is 0 Å². The molecule has 0 amide bonds. The molecule has 100 valence electrons. The second-order valence-corrected chi connectivity index (χ2v) is 6.34. The van der Waals surface area contributed by atoms with Gasteiger partial charge in [-0.3, -0.25) is 0 Å². The first-order valence-electron chi connectivity index (χ1n) is 5.62. The summed E-state index contributed by atoms with van der Waals surface area (Å²) in [6, 6.07) is 6.42. The quantitative estimate of drug-likeness (QED) is 0.889. The summed E-state index contributed by atoms with van der Waals surface area (Å²) in [7, 11) is -3.57. The molecule has 0 radical (unpaired) electrons. The van der Waals surface area contributed by atoms with E-state index in [2.05, 4.69) is 0 Å². The van der Waals surface area contributed by atoms with Crippen LogP contribution in [0.15, 0.2) is 29.2 Å². The maximum atomic E-state index is 12.4. The van der Waals surface area contributed by atoms with E-state index >= 15 is 0 Å². The minimum Gasteiger partial charge on any atom is -0.374 e. The number of halogens is 1. The highest BCUT2D eigenvalue weighted by Gasteiger charge is 2.31. The van der Waals surface area contributed by atoms with Crippen LogP contribution in [-0.4, -0.2) is 45.1 Å². The molecule has 2 rings (SSSR count). The predicted molar refractivity (Wildman–Crippen MR) is 69.0 cm³/mol. The number of hydrogen-bond donors (Lipinski definition) is 1. The normalized spacial score (nSPS) is 22.0. The summed E-state index contributed by atoms with van der Waals surface area (Å²) < 4.78 is 31.6. The highest BCUT2D eigenvalue weighted by molar-refractivity contribution is 7.89. The first-order chi connectivity index (χ1) is 8.55. The van der Waals surface area contributed by atoms with Gasteiger partial charge in [0.05, 0.1) is 17.7 Å². The second kappa shape index (κ2) is 5.54. The van der Waals surface area contributed by atoms with Crippen LogP contribution in [-0.2, 0) is 14.8 Å². The van der Waals surface area contributed by atoms with Gasteiger partial charge < -0.3 is 10.5 Å². The number of hydrogen-bond acceptors (Lipinski definition) is 4. The van der Waals surface area contributed by atoms with Crippen molar-refractivity contribution in [3.8, 4) is 0 Å². The van der Waals surface area contributed by atoms with Crippen molar-refractivity contribution in [2.75, 3.05) is 26.2 Å². The van der Waals surface area contributed by atoms with Gasteiger partial charge in [-0.05, 0) is 12.1 Å². The number of benzene rings is 1. The van der Waals surface area contributed by atoms with E-state index < -0.39 is 10.0 Å². The first kappa shape index (κ1) is 13.8. The molecule has 0 aliphatic carbocycles. The third-order valence-electron chi connectivity index (χ3n) is 2.82. The number of morpholine rings is 1. The van der Waals surface area contributed by atoms with Gasteiger partial charge in [-0.25, -0.2) is 8.42 Å². The van der Waals surface area contributed by atoms with Crippen LogP contribution in [0.2, 0.25) is 5.02 Å². The Morgan fingerprint density at radius 1 is 1.44 bits per heavy atom. The largest absolute Gasteiger partial charge is 0.374 e. The summed E-state index contributed by atoms with van der Waals surface area (Å²) in [5, 5.41) is 0.230. The standard InChI is InChI=1S/C11H15ClN2O3S/c12-10-3-1-2-4-11(10)18(15,16)14-5-6-17-9(7-13)8-14/h1-4,9H,5-8,13H2. The topological polar surface area (TPSA) is 72.6 Å². The molecule has 5 nitrogen and oxygen atoms in total. The number of ether oxygens (including phenoxy) is 1. The van der Waals surface area contributed by atoms with Crippen molar-refractivity contribution in [2.24, 2.45) is 5.73 Å². The molecule has 7 heteroatoms. The third-order valence-corrected chi connectivity index (χ3v) is 5.18. The van der Waals surface area contributed by atoms with E-state index in [9.17, 15) is 8.42 Å². The Morgan fingerprint density at radius 2 is 2.17 bits per heavy atom. The Balaban J connectivity index is 2.29. The van der Waals surface area contributed by atoms with Crippen molar-refractivity contribution in [1.29, 1.82) is 0 Å². The molecule has 1 aromatic carbocycles. The average molecular weight is 291 g/mol. The Labute approximate surface area is 112 Å². The Kier molecular flexibility index (Phi) is 4.24. The van der Waals surface area contributed by atoms with Crippen LogP contribution in [0, 0.1) is 0 Å². The zero-order valence-electron chi connectivity index (χ0n) is 9.75. The number of sulfonamides is 1. The number of rotatable bonds is 3. The van der Waals surface area contributed by atoms with Crippen molar-refractivity contribution in [3.05, 3.63) is 29.3 Å². The molecule has 18 heavy (non-hydrogen) atoms. The second-order valence-electron chi connectivity index (χ2n) is 4.02. The van der Waals surface area contributed by atoms with Crippen molar-refractivity contribution >= 4 is 21.6 Å². The summed E-state index contributed by atoms with van der Waals surface area (Å²) in [6.45, 7) is 1.24. The minimum atomic E-state index is -3.57. The predicted octanol–water partition coefficient (Wildman–Crippen LogP) is 0.688. The highest BCUT2D eigenvalue weighted by atomic mass is 35.5. The smallest absolute Gasteiger partial charge is 0.244 e. The first-order valence-corrected chi connectivity index (χ1v) is 7.44. The van der Waals surface area contributed by atoms with E-state index in [-0.39, 0.29) is 22.6 Å². The van der Waals surface area contributed by atoms with Crippen LogP contribution >= 0.6 is 11.6 Å². The van der Waals surface area contributed by atoms with E-state index in [1.807, 2.05) is 0 Å². The molecule has 1 fully saturated rings. The van der Waals surface area contributed by atoms with Crippen molar-refractivity contribution < 1.29 is 13.2 Å². The fourth-order valence-electron chi connectivity index (χ4n) is 1.85. The van der Waals surface area contributed by atoms with Gasteiger partial charge >= 0.3 is 0 Å². The fourth-order valence-corrected chi connectivity index (χ4v) is 3.80. The Morgan fingerprint density at radius 3 is 2.83 bits per heavy atom. The molecule has 1 aliphatic rings. The SMILES string of the molecule is NCC1CN(S(=O)(=O)c2ccccc2Cl)CCO1. The van der Waals surface area contributed by atoms with Gasteiger partial charge in [-0.15, -0.1) is 0 Å². The maximum Gasteiger partial charge on any atom is 0.244 e. The fraction of sp³-hybridized carbons (Fsp3) is 0.455. The summed E-state index contributed by atoms with van der Waals surface area (Å²) in [4.78, 5) is 0.129. The Hall–Kier alpha value is -0.660. The van der Waals surface area contributed by atoms with Crippen LogP contribution in [0.25, 0.3) is 0 Å². The summed E-state index contributed by atoms with van der Waals surface area (Å²) in [5.41, 5.74) is 5.50. The molecule has 0 spiro atoms. The molecule has 0 bridgehead atoms. The number of nitrogens with zero attached hydrogens (tertiary/aromatic N) is 1. The van der Waals surface area contributed by atoms with Gasteiger partial charge in [0.1, 0.15) is 4.90 Å². The molecule has 1 unspecified atom stereocenters. The zero-order chi connectivity index (χ0) is 13.2. The van der Waals surface area contributed by atoms with E-state index in [1.165, 1.54) is 10.4 Å². The summed E-state index contributed by atoms with van der Waals surface area (Å²) in [5.74, 6) is 0. The minimum absolute atomic E-state index is 0.129. The van der Waals surface area contributed by atoms with E-state index in [1.54, 1.807) is 18.2 Å². The van der Waals surface area contributed by atoms with Crippen molar-refractivity contribution in [3.63, 3.8) is 0 Å². The van der Waals surface area contributed by atoms with Crippen molar-refractivity contribution in [2.45, 2.75) is 11.0 Å². The van der Waals surface area contributed by atoms with Crippen molar-refractivity contribution in [1.82, 2.24) is 4.31 Å². The van der Waals surface area contributed by atoms with Gasteiger partial charge in [-0.1, -0.05) is 23.7 Å². The monoisotopic (exact) mass is 290 g/mol. The van der Waals surface area contributed by atoms with E-state index in [0.717, 1.165) is 0 Å². The zero-order valence-corrected chi connectivity index (χ0v) is 11.3. The third kappa shape index (κ3) is 2.67.